The molecule has 0 aromatic rings. The summed E-state index contributed by atoms with van der Waals surface area (Å²) < 4.78 is 0. The summed E-state index contributed by atoms with van der Waals surface area (Å²) in [6.07, 6.45) is -0.711. The molecule has 1 saturated heterocycles. The fourth-order valence-corrected chi connectivity index (χ4v) is 3.36. The maximum absolute atomic E-state index is 13.1. The van der Waals surface area contributed by atoms with Gasteiger partial charge in [-0.05, 0) is 6.92 Å². The first-order valence-electron chi connectivity index (χ1n) is 11.3. The van der Waals surface area contributed by atoms with E-state index in [1.165, 1.54) is 6.92 Å². The van der Waals surface area contributed by atoms with E-state index in [2.05, 4.69) is 36.9 Å². The number of aliphatic imine (C=N–C) groups is 1. The Balaban J connectivity index is 2.46. The molecule has 0 aliphatic carbocycles. The molecule has 2 aliphatic rings. The van der Waals surface area contributed by atoms with Crippen molar-refractivity contribution in [3.8, 4) is 0 Å². The number of aliphatic hydroxyl groups is 1. The summed E-state index contributed by atoms with van der Waals surface area (Å²) in [5.74, 6) is -4.71. The lowest BCUT2D eigenvalue weighted by molar-refractivity contribution is -0.132. The lowest BCUT2D eigenvalue weighted by atomic mass is 10.0. The number of hydrogen-bond acceptors (Lipinski definition) is 12. The molecule has 0 bridgehead atoms. The van der Waals surface area contributed by atoms with E-state index in [4.69, 9.17) is 22.9 Å². The highest BCUT2D eigenvalue weighted by molar-refractivity contribution is 6.02. The highest BCUT2D eigenvalue weighted by Gasteiger charge is 2.36. The third kappa shape index (κ3) is 8.28. The Hall–Kier alpha value is -4.49. The topological polar surface area (TPSA) is 323 Å². The van der Waals surface area contributed by atoms with Crippen LogP contribution in [0.1, 0.15) is 13.3 Å². The molecule has 1 fully saturated rings. The van der Waals surface area contributed by atoms with Gasteiger partial charge in [0.15, 0.2) is 12.2 Å². The summed E-state index contributed by atoms with van der Waals surface area (Å²) in [5, 5.41) is 26.3. The van der Waals surface area contributed by atoms with Crippen LogP contribution in [0.2, 0.25) is 0 Å². The summed E-state index contributed by atoms with van der Waals surface area (Å²) in [5.41, 5.74) is 21.5. The molecule has 1 unspecified atom stereocenters. The molecule has 2 rings (SSSR count). The van der Waals surface area contributed by atoms with Gasteiger partial charge in [-0.3, -0.25) is 24.0 Å². The average molecular weight is 541 g/mol. The predicted molar refractivity (Wildman–Crippen MR) is 130 cm³/mol. The van der Waals surface area contributed by atoms with Gasteiger partial charge < -0.3 is 65.3 Å². The normalized spacial score (nSPS) is 31.0. The SMILES string of the molecule is C[C@@H]1NC(=O)[C@@H](N)CNC(=O)[C@H](C2C[C@@H](O)N=C(N)N2)NC(=O)C(=CNC(N)=O)NC(=O)[C@H](CN)NC1=O. The van der Waals surface area contributed by atoms with Crippen molar-refractivity contribution in [1.82, 2.24) is 37.2 Å². The van der Waals surface area contributed by atoms with Gasteiger partial charge >= 0.3 is 6.03 Å². The molecule has 19 nitrogen and oxygen atoms in total. The van der Waals surface area contributed by atoms with Gasteiger partial charge in [0.1, 0.15) is 29.9 Å². The number of amides is 7. The molecule has 0 saturated carbocycles. The van der Waals surface area contributed by atoms with Crippen molar-refractivity contribution in [2.45, 2.75) is 49.8 Å². The molecule has 0 aromatic heterocycles. The summed E-state index contributed by atoms with van der Waals surface area (Å²) in [6, 6.07) is -7.39. The molecule has 2 heterocycles. The van der Waals surface area contributed by atoms with Crippen LogP contribution in [0.5, 0.6) is 0 Å². The Kier molecular flexibility index (Phi) is 10.3. The van der Waals surface area contributed by atoms with Crippen molar-refractivity contribution in [2.24, 2.45) is 27.9 Å². The van der Waals surface area contributed by atoms with E-state index < -0.39 is 90.8 Å². The molecule has 38 heavy (non-hydrogen) atoms. The van der Waals surface area contributed by atoms with Crippen LogP contribution in [0.3, 0.4) is 0 Å². The second kappa shape index (κ2) is 13.2. The highest BCUT2D eigenvalue weighted by atomic mass is 16.3. The quantitative estimate of drug-likeness (QED) is 0.149. The van der Waals surface area contributed by atoms with Crippen LogP contribution in [0.4, 0.5) is 4.79 Å². The Morgan fingerprint density at radius 2 is 1.76 bits per heavy atom. The van der Waals surface area contributed by atoms with Crippen LogP contribution in [0.25, 0.3) is 0 Å². The van der Waals surface area contributed by atoms with Crippen molar-refractivity contribution in [3.05, 3.63) is 11.9 Å². The smallest absolute Gasteiger partial charge is 0.316 e. The number of urea groups is 1. The third-order valence-electron chi connectivity index (χ3n) is 5.37. The maximum Gasteiger partial charge on any atom is 0.316 e. The Bertz CT molecular complexity index is 1030. The third-order valence-corrected chi connectivity index (χ3v) is 5.37. The first kappa shape index (κ1) is 29.7. The van der Waals surface area contributed by atoms with Crippen molar-refractivity contribution >= 4 is 41.5 Å². The minimum atomic E-state index is -1.47. The fourth-order valence-electron chi connectivity index (χ4n) is 3.36. The number of guanidine groups is 1. The lowest BCUT2D eigenvalue weighted by Gasteiger charge is -2.32. The summed E-state index contributed by atoms with van der Waals surface area (Å²) in [7, 11) is 0. The second-order valence-corrected chi connectivity index (χ2v) is 8.37. The number of nitrogens with two attached hydrogens (primary N) is 4. The van der Waals surface area contributed by atoms with Crippen LogP contribution in [-0.4, -0.2) is 96.2 Å². The molecule has 19 heteroatoms. The van der Waals surface area contributed by atoms with E-state index in [1.54, 1.807) is 0 Å². The van der Waals surface area contributed by atoms with Gasteiger partial charge in [-0.2, -0.15) is 0 Å². The number of carbonyl (C=O) groups excluding carboxylic acids is 6. The molecule has 2 aliphatic heterocycles. The molecule has 0 radical (unpaired) electrons. The molecule has 6 atom stereocenters. The van der Waals surface area contributed by atoms with Gasteiger partial charge in [0.2, 0.25) is 23.6 Å². The minimum Gasteiger partial charge on any atom is -0.372 e. The van der Waals surface area contributed by atoms with Crippen LogP contribution in [0, 0.1) is 0 Å². The van der Waals surface area contributed by atoms with E-state index in [1.807, 2.05) is 5.32 Å². The largest absolute Gasteiger partial charge is 0.372 e. The highest BCUT2D eigenvalue weighted by Crippen LogP contribution is 2.10. The average Bonchev–Trinajstić information content (AvgIpc) is 2.84. The van der Waals surface area contributed by atoms with Crippen molar-refractivity contribution in [2.75, 3.05) is 13.1 Å². The summed E-state index contributed by atoms with van der Waals surface area (Å²) in [4.78, 5) is 78.8. The molecule has 0 aromatic carbocycles. The van der Waals surface area contributed by atoms with E-state index in [0.717, 1.165) is 6.20 Å². The zero-order valence-electron chi connectivity index (χ0n) is 20.3. The number of rotatable bonds is 3. The van der Waals surface area contributed by atoms with Gasteiger partial charge in [-0.15, -0.1) is 0 Å². The first-order valence-corrected chi connectivity index (χ1v) is 11.3. The standard InChI is InChI=1S/C19H32N12O7/c1-6-13(33)27-9(3-20)15(35)28-10(5-25-19(23)38)16(36)31-12(8-2-11(32)30-18(22)29-8)17(37)24-4-7(21)14(34)26-6/h5-9,11-12,32H,2-4,20-21H2,1H3,(H,24,37)(H,26,34)(H,27,33)(H,28,35)(H,31,36)(H3,22,29,30)(H3,23,25,38)/t6-,7-,8?,9-,11+,12-/m0/s1. The molecule has 0 spiro atoms. The van der Waals surface area contributed by atoms with Gasteiger partial charge in [0.05, 0.1) is 6.04 Å². The van der Waals surface area contributed by atoms with Gasteiger partial charge in [-0.1, -0.05) is 0 Å². The number of hydrogen-bond donors (Lipinski definition) is 12. The Labute approximate surface area is 215 Å². The van der Waals surface area contributed by atoms with Crippen LogP contribution >= 0.6 is 0 Å². The molecule has 7 amide bonds. The second-order valence-electron chi connectivity index (χ2n) is 8.37. The molecule has 210 valence electrons. The van der Waals surface area contributed by atoms with Crippen LogP contribution < -0.4 is 60.2 Å². The zero-order chi connectivity index (χ0) is 28.6. The number of carbonyl (C=O) groups is 6. The lowest BCUT2D eigenvalue weighted by Crippen LogP contribution is -2.64. The molecular formula is C19H32N12O7. The van der Waals surface area contributed by atoms with Gasteiger partial charge in [0.25, 0.3) is 5.91 Å². The Morgan fingerprint density at radius 3 is 2.37 bits per heavy atom. The van der Waals surface area contributed by atoms with Crippen molar-refractivity contribution in [3.63, 3.8) is 0 Å². The van der Waals surface area contributed by atoms with E-state index >= 15 is 0 Å². The van der Waals surface area contributed by atoms with Gasteiger partial charge in [0, 0.05) is 25.7 Å². The monoisotopic (exact) mass is 540 g/mol. The number of aliphatic hydroxyl groups excluding tert-OH is 1. The number of primary amides is 1. The van der Waals surface area contributed by atoms with Crippen LogP contribution in [-0.2, 0) is 24.0 Å². The van der Waals surface area contributed by atoms with E-state index in [9.17, 15) is 33.9 Å². The predicted octanol–water partition coefficient (Wildman–Crippen LogP) is -7.50. The van der Waals surface area contributed by atoms with Crippen LogP contribution in [0.15, 0.2) is 16.9 Å². The van der Waals surface area contributed by atoms with E-state index in [0.29, 0.717) is 0 Å². The van der Waals surface area contributed by atoms with Gasteiger partial charge in [-0.25, -0.2) is 9.79 Å². The number of nitrogens with zero attached hydrogens (tertiary/aromatic N) is 1. The van der Waals surface area contributed by atoms with Crippen molar-refractivity contribution < 1.29 is 33.9 Å². The van der Waals surface area contributed by atoms with E-state index in [-0.39, 0.29) is 12.4 Å². The Morgan fingerprint density at radius 1 is 1.08 bits per heavy atom. The fraction of sp³-hybridized carbons (Fsp3) is 0.526. The van der Waals surface area contributed by atoms with Crippen molar-refractivity contribution in [1.29, 1.82) is 0 Å². The minimum absolute atomic E-state index is 0.171. The molecule has 16 N–H and O–H groups in total. The summed E-state index contributed by atoms with van der Waals surface area (Å²) >= 11 is 0. The number of nitrogens with one attached hydrogen (secondary N) is 7. The first-order chi connectivity index (χ1) is 17.8. The maximum atomic E-state index is 13.1. The summed E-state index contributed by atoms with van der Waals surface area (Å²) in [6.45, 7) is 0.506. The zero-order valence-corrected chi connectivity index (χ0v) is 20.3. The molecular weight excluding hydrogens is 508 g/mol.